The van der Waals surface area contributed by atoms with Gasteiger partial charge in [-0.1, -0.05) is 11.6 Å². The van der Waals surface area contributed by atoms with E-state index in [-0.39, 0.29) is 11.4 Å². The molecule has 0 aliphatic heterocycles. The maximum absolute atomic E-state index is 12.8. The molecule has 1 rings (SSSR count). The molecule has 0 heterocycles. The van der Waals surface area contributed by atoms with Gasteiger partial charge in [0.1, 0.15) is 16.7 Å². The zero-order valence-corrected chi connectivity index (χ0v) is 7.79. The van der Waals surface area contributed by atoms with Crippen LogP contribution in [0.15, 0.2) is 12.1 Å². The minimum absolute atomic E-state index is 0.116. The number of benzene rings is 1. The average Bonchev–Trinajstić information content (AvgIpc) is 2.12. The monoisotopic (exact) mass is 224 g/mol. The van der Waals surface area contributed by atoms with E-state index in [1.807, 2.05) is 0 Å². The average molecular weight is 225 g/mol. The molecule has 0 radical (unpaired) electrons. The first-order chi connectivity index (χ1) is 6.06. The molecule has 0 N–H and O–H groups in total. The molecule has 0 spiro atoms. The van der Waals surface area contributed by atoms with Crippen LogP contribution in [-0.2, 0) is 0 Å². The van der Waals surface area contributed by atoms with Gasteiger partial charge >= 0.3 is 0 Å². The number of halogens is 4. The van der Waals surface area contributed by atoms with Gasteiger partial charge < -0.3 is 0 Å². The highest BCUT2D eigenvalue weighted by Gasteiger charge is 2.12. The fourth-order valence-corrected chi connectivity index (χ4v) is 1.06. The quantitative estimate of drug-likeness (QED) is 0.429. The predicted molar refractivity (Wildman–Crippen MR) is 46.4 cm³/mol. The molecular weight excluding hydrogens is 221 g/mol. The summed E-state index contributed by atoms with van der Waals surface area (Å²) in [6.07, 6.45) is 0. The van der Waals surface area contributed by atoms with Crippen LogP contribution in [0.2, 0.25) is 5.02 Å². The Morgan fingerprint density at radius 1 is 1.31 bits per heavy atom. The Balaban J connectivity index is 3.20. The number of alkyl halides is 1. The van der Waals surface area contributed by atoms with Gasteiger partial charge in [0.05, 0.1) is 5.88 Å². The van der Waals surface area contributed by atoms with Crippen molar-refractivity contribution in [3.63, 3.8) is 0 Å². The molecule has 0 aliphatic rings. The Bertz CT molecular complexity index is 329. The molecule has 0 aliphatic carbocycles. The fourth-order valence-electron chi connectivity index (χ4n) is 0.794. The molecule has 1 aromatic rings. The lowest BCUT2D eigenvalue weighted by atomic mass is 10.1. The number of Topliss-reactive ketones (excluding diaryl/α,β-unsaturated/α-hetero) is 1. The van der Waals surface area contributed by atoms with Crippen molar-refractivity contribution in [2.45, 2.75) is 0 Å². The molecule has 5 heteroatoms. The van der Waals surface area contributed by atoms with Crippen LogP contribution in [0.3, 0.4) is 0 Å². The number of carbonyl (C=O) groups is 1. The van der Waals surface area contributed by atoms with Crippen molar-refractivity contribution < 1.29 is 13.6 Å². The van der Waals surface area contributed by atoms with Gasteiger partial charge in [0, 0.05) is 5.56 Å². The van der Waals surface area contributed by atoms with Crippen molar-refractivity contribution in [1.29, 1.82) is 0 Å². The molecule has 0 saturated heterocycles. The SMILES string of the molecule is O=C(CCl)c1cc(F)c(Cl)c(F)c1. The Hall–Kier alpha value is -0.670. The zero-order valence-electron chi connectivity index (χ0n) is 6.28. The summed E-state index contributed by atoms with van der Waals surface area (Å²) in [4.78, 5) is 10.9. The lowest BCUT2D eigenvalue weighted by Crippen LogP contribution is -2.02. The topological polar surface area (TPSA) is 17.1 Å². The van der Waals surface area contributed by atoms with Crippen LogP contribution in [-0.4, -0.2) is 11.7 Å². The summed E-state index contributed by atoms with van der Waals surface area (Å²) in [5.74, 6) is -2.79. The summed E-state index contributed by atoms with van der Waals surface area (Å²) in [6.45, 7) is 0. The third kappa shape index (κ3) is 2.17. The lowest BCUT2D eigenvalue weighted by molar-refractivity contribution is 0.102. The molecule has 70 valence electrons. The van der Waals surface area contributed by atoms with Crippen molar-refractivity contribution >= 4 is 29.0 Å². The number of ketones is 1. The van der Waals surface area contributed by atoms with Gasteiger partial charge in [-0.15, -0.1) is 11.6 Å². The summed E-state index contributed by atoms with van der Waals surface area (Å²) in [5.41, 5.74) is -0.116. The van der Waals surface area contributed by atoms with Crippen molar-refractivity contribution in [2.75, 3.05) is 5.88 Å². The van der Waals surface area contributed by atoms with Crippen molar-refractivity contribution in [1.82, 2.24) is 0 Å². The van der Waals surface area contributed by atoms with E-state index in [2.05, 4.69) is 0 Å². The van der Waals surface area contributed by atoms with Gasteiger partial charge in [-0.25, -0.2) is 8.78 Å². The van der Waals surface area contributed by atoms with E-state index in [1.165, 1.54) is 0 Å². The second-order valence-corrected chi connectivity index (χ2v) is 2.96. The zero-order chi connectivity index (χ0) is 10.0. The molecule has 0 atom stereocenters. The van der Waals surface area contributed by atoms with E-state index in [0.717, 1.165) is 12.1 Å². The lowest BCUT2D eigenvalue weighted by Gasteiger charge is -2.00. The summed E-state index contributed by atoms with van der Waals surface area (Å²) in [7, 11) is 0. The van der Waals surface area contributed by atoms with Crippen molar-refractivity contribution in [2.24, 2.45) is 0 Å². The highest BCUT2D eigenvalue weighted by molar-refractivity contribution is 6.32. The second kappa shape index (κ2) is 4.03. The van der Waals surface area contributed by atoms with Gasteiger partial charge in [0.2, 0.25) is 0 Å². The minimum atomic E-state index is -0.963. The molecule has 13 heavy (non-hydrogen) atoms. The van der Waals surface area contributed by atoms with E-state index < -0.39 is 22.4 Å². The first-order valence-electron chi connectivity index (χ1n) is 3.30. The predicted octanol–water partition coefficient (Wildman–Crippen LogP) is 3.04. The number of rotatable bonds is 2. The maximum Gasteiger partial charge on any atom is 0.177 e. The summed E-state index contributed by atoms with van der Waals surface area (Å²) < 4.78 is 25.5. The summed E-state index contributed by atoms with van der Waals surface area (Å²) in [5, 5.41) is -0.619. The first-order valence-corrected chi connectivity index (χ1v) is 4.21. The maximum atomic E-state index is 12.8. The van der Waals surface area contributed by atoms with Crippen LogP contribution in [0.1, 0.15) is 10.4 Å². The molecule has 0 bridgehead atoms. The van der Waals surface area contributed by atoms with Crippen LogP contribution in [0.5, 0.6) is 0 Å². The number of hydrogen-bond donors (Lipinski definition) is 0. The largest absolute Gasteiger partial charge is 0.293 e. The van der Waals surface area contributed by atoms with E-state index in [4.69, 9.17) is 23.2 Å². The Kier molecular flexibility index (Phi) is 3.22. The number of carbonyl (C=O) groups excluding carboxylic acids is 1. The van der Waals surface area contributed by atoms with Crippen LogP contribution >= 0.6 is 23.2 Å². The van der Waals surface area contributed by atoms with Gasteiger partial charge in [-0.2, -0.15) is 0 Å². The Labute approximate surface area is 83.3 Å². The summed E-state index contributed by atoms with van der Waals surface area (Å²) in [6, 6.07) is 1.71. The first kappa shape index (κ1) is 10.4. The van der Waals surface area contributed by atoms with Crippen LogP contribution in [0, 0.1) is 11.6 Å². The third-order valence-corrected chi connectivity index (χ3v) is 2.03. The molecule has 0 unspecified atom stereocenters. The normalized spacial score (nSPS) is 10.2. The Morgan fingerprint density at radius 3 is 2.15 bits per heavy atom. The number of hydrogen-bond acceptors (Lipinski definition) is 1. The van der Waals surface area contributed by atoms with E-state index in [9.17, 15) is 13.6 Å². The van der Waals surface area contributed by atoms with Crippen LogP contribution in [0.25, 0.3) is 0 Å². The molecule has 0 saturated carbocycles. The van der Waals surface area contributed by atoms with E-state index >= 15 is 0 Å². The standard InChI is InChI=1S/C8H4Cl2F2O/c9-3-7(13)4-1-5(11)8(10)6(12)2-4/h1-2H,3H2. The Morgan fingerprint density at radius 2 is 1.77 bits per heavy atom. The molecular formula is C8H4Cl2F2O. The molecule has 0 amide bonds. The fraction of sp³-hybridized carbons (Fsp3) is 0.125. The summed E-state index contributed by atoms with van der Waals surface area (Å²) >= 11 is 10.4. The van der Waals surface area contributed by atoms with Crippen LogP contribution < -0.4 is 0 Å². The molecule has 0 fully saturated rings. The van der Waals surface area contributed by atoms with Crippen LogP contribution in [0.4, 0.5) is 8.78 Å². The highest BCUT2D eigenvalue weighted by atomic mass is 35.5. The van der Waals surface area contributed by atoms with Gasteiger partial charge in [-0.3, -0.25) is 4.79 Å². The van der Waals surface area contributed by atoms with Crippen molar-refractivity contribution in [3.8, 4) is 0 Å². The second-order valence-electron chi connectivity index (χ2n) is 2.31. The minimum Gasteiger partial charge on any atom is -0.293 e. The van der Waals surface area contributed by atoms with Gasteiger partial charge in [-0.05, 0) is 12.1 Å². The van der Waals surface area contributed by atoms with Crippen molar-refractivity contribution in [3.05, 3.63) is 34.4 Å². The van der Waals surface area contributed by atoms with Gasteiger partial charge in [0.15, 0.2) is 5.78 Å². The van der Waals surface area contributed by atoms with Gasteiger partial charge in [0.25, 0.3) is 0 Å². The third-order valence-electron chi connectivity index (χ3n) is 1.43. The molecule has 0 aromatic heterocycles. The molecule has 1 nitrogen and oxygen atoms in total. The molecule has 1 aromatic carbocycles. The van der Waals surface area contributed by atoms with E-state index in [0.29, 0.717) is 0 Å². The smallest absolute Gasteiger partial charge is 0.177 e. The van der Waals surface area contributed by atoms with E-state index in [1.54, 1.807) is 0 Å². The highest BCUT2D eigenvalue weighted by Crippen LogP contribution is 2.20.